The molecule has 0 saturated carbocycles. The van der Waals surface area contributed by atoms with Crippen LogP contribution in [0.1, 0.15) is 28.4 Å². The molecule has 182 valence electrons. The molecule has 0 radical (unpaired) electrons. The van der Waals surface area contributed by atoms with Gasteiger partial charge in [0, 0.05) is 17.7 Å². The Bertz CT molecular complexity index is 1450. The zero-order valence-electron chi connectivity index (χ0n) is 19.3. The molecule has 1 N–H and O–H groups in total. The van der Waals surface area contributed by atoms with E-state index in [4.69, 9.17) is 9.47 Å². The minimum absolute atomic E-state index is 0.134. The Hall–Kier alpha value is -4.24. The molecule has 0 fully saturated rings. The van der Waals surface area contributed by atoms with Crippen LogP contribution in [-0.2, 0) is 6.61 Å². The maximum atomic E-state index is 12.3. The fourth-order valence-corrected chi connectivity index (χ4v) is 4.20. The zero-order valence-corrected chi connectivity index (χ0v) is 20.9. The number of nitrogens with one attached hydrogen (secondary N) is 1. The van der Waals surface area contributed by atoms with Crippen molar-refractivity contribution in [1.82, 2.24) is 5.43 Å². The third-order valence-corrected chi connectivity index (χ3v) is 5.87. The Morgan fingerprint density at radius 1 is 1.06 bits per heavy atom. The Labute approximate surface area is 215 Å². The molecule has 4 aromatic rings. The quantitative estimate of drug-likeness (QED) is 0.151. The average molecular weight is 548 g/mol. The summed E-state index contributed by atoms with van der Waals surface area (Å²) in [6.45, 7) is 2.66. The Morgan fingerprint density at radius 3 is 2.64 bits per heavy atom. The molecule has 0 aliphatic rings. The third-order valence-electron chi connectivity index (χ3n) is 5.28. The van der Waals surface area contributed by atoms with E-state index >= 15 is 0 Å². The lowest BCUT2D eigenvalue weighted by Gasteiger charge is -2.15. The number of hydrogen-bond acceptors (Lipinski definition) is 6. The molecule has 0 aliphatic carbocycles. The van der Waals surface area contributed by atoms with Gasteiger partial charge in [0.25, 0.3) is 11.6 Å². The summed E-state index contributed by atoms with van der Waals surface area (Å²) in [5, 5.41) is 17.2. The maximum Gasteiger partial charge on any atom is 0.271 e. The predicted molar refractivity (Wildman–Crippen MR) is 142 cm³/mol. The summed E-state index contributed by atoms with van der Waals surface area (Å²) in [5.74, 6) is 0.523. The van der Waals surface area contributed by atoms with Crippen LogP contribution in [0, 0.1) is 10.1 Å². The molecule has 4 rings (SSSR count). The summed E-state index contributed by atoms with van der Waals surface area (Å²) in [4.78, 5) is 22.7. The number of hydrogen-bond donors (Lipinski definition) is 1. The molecular weight excluding hydrogens is 526 g/mol. The molecule has 0 aromatic heterocycles. The van der Waals surface area contributed by atoms with E-state index in [2.05, 4.69) is 44.7 Å². The average Bonchev–Trinajstić information content (AvgIpc) is 2.88. The van der Waals surface area contributed by atoms with Crippen molar-refractivity contribution in [2.24, 2.45) is 5.10 Å². The molecule has 36 heavy (non-hydrogen) atoms. The monoisotopic (exact) mass is 547 g/mol. The van der Waals surface area contributed by atoms with Gasteiger partial charge in [0.15, 0.2) is 11.5 Å². The molecule has 8 nitrogen and oxygen atoms in total. The standard InChI is InChI=1S/C27H22BrN3O5/c1-2-35-25-14-18(16-29-30-27(32)20-9-6-11-22(15-20)31(33)34)13-24(28)26(25)36-17-21-10-5-8-19-7-3-4-12-23(19)21/h3-16H,2,17H2,1H3,(H,30,32)/b29-16-. The summed E-state index contributed by atoms with van der Waals surface area (Å²) >= 11 is 3.55. The molecule has 0 heterocycles. The molecule has 9 heteroatoms. The van der Waals surface area contributed by atoms with Gasteiger partial charge in [-0.2, -0.15) is 5.10 Å². The van der Waals surface area contributed by atoms with Crippen LogP contribution in [-0.4, -0.2) is 23.7 Å². The highest BCUT2D eigenvalue weighted by atomic mass is 79.9. The van der Waals surface area contributed by atoms with Crippen molar-refractivity contribution in [1.29, 1.82) is 0 Å². The van der Waals surface area contributed by atoms with Gasteiger partial charge in [-0.05, 0) is 63.0 Å². The van der Waals surface area contributed by atoms with Gasteiger partial charge in [-0.3, -0.25) is 14.9 Å². The van der Waals surface area contributed by atoms with Crippen molar-refractivity contribution >= 4 is 44.5 Å². The van der Waals surface area contributed by atoms with Crippen molar-refractivity contribution < 1.29 is 19.2 Å². The first kappa shape index (κ1) is 24.9. The fourth-order valence-electron chi connectivity index (χ4n) is 3.62. The Kier molecular flexibility index (Phi) is 7.92. The van der Waals surface area contributed by atoms with Crippen LogP contribution < -0.4 is 14.9 Å². The molecule has 0 spiro atoms. The minimum atomic E-state index is -0.561. The van der Waals surface area contributed by atoms with Gasteiger partial charge in [-0.1, -0.05) is 48.5 Å². The van der Waals surface area contributed by atoms with Crippen molar-refractivity contribution in [2.75, 3.05) is 6.61 Å². The first-order chi connectivity index (χ1) is 17.5. The minimum Gasteiger partial charge on any atom is -0.490 e. The number of nitro groups is 1. The largest absolute Gasteiger partial charge is 0.490 e. The number of ether oxygens (including phenoxy) is 2. The predicted octanol–water partition coefficient (Wildman–Crippen LogP) is 6.25. The highest BCUT2D eigenvalue weighted by Gasteiger charge is 2.14. The van der Waals surface area contributed by atoms with E-state index < -0.39 is 10.8 Å². The summed E-state index contributed by atoms with van der Waals surface area (Å²) in [6.07, 6.45) is 1.46. The smallest absolute Gasteiger partial charge is 0.271 e. The number of carbonyl (C=O) groups is 1. The molecule has 0 saturated heterocycles. The second-order valence-electron chi connectivity index (χ2n) is 7.70. The molecule has 1 amide bonds. The van der Waals surface area contributed by atoms with Gasteiger partial charge in [0.1, 0.15) is 6.61 Å². The van der Waals surface area contributed by atoms with Gasteiger partial charge < -0.3 is 9.47 Å². The normalized spacial score (nSPS) is 10.9. The van der Waals surface area contributed by atoms with Crippen molar-refractivity contribution in [3.05, 3.63) is 110 Å². The first-order valence-corrected chi connectivity index (χ1v) is 11.9. The molecule has 0 bridgehead atoms. The van der Waals surface area contributed by atoms with E-state index in [-0.39, 0.29) is 11.3 Å². The van der Waals surface area contributed by atoms with Crippen LogP contribution in [0.5, 0.6) is 11.5 Å². The van der Waals surface area contributed by atoms with Crippen LogP contribution in [0.3, 0.4) is 0 Å². The first-order valence-electron chi connectivity index (χ1n) is 11.1. The Morgan fingerprint density at radius 2 is 1.83 bits per heavy atom. The number of nitrogens with zero attached hydrogens (tertiary/aromatic N) is 2. The lowest BCUT2D eigenvalue weighted by Crippen LogP contribution is -2.17. The van der Waals surface area contributed by atoms with Crippen molar-refractivity contribution in [3.8, 4) is 11.5 Å². The van der Waals surface area contributed by atoms with E-state index in [1.165, 1.54) is 30.5 Å². The number of non-ortho nitro benzene ring substituents is 1. The van der Waals surface area contributed by atoms with Crippen LogP contribution in [0.25, 0.3) is 10.8 Å². The van der Waals surface area contributed by atoms with Crippen LogP contribution >= 0.6 is 15.9 Å². The van der Waals surface area contributed by atoms with E-state index in [1.54, 1.807) is 12.1 Å². The number of hydrazone groups is 1. The van der Waals surface area contributed by atoms with Gasteiger partial charge in [0.05, 0.1) is 22.2 Å². The van der Waals surface area contributed by atoms with Crippen molar-refractivity contribution in [2.45, 2.75) is 13.5 Å². The molecule has 4 aromatic carbocycles. The SMILES string of the molecule is CCOc1cc(/C=N\NC(=O)c2cccc([N+](=O)[O-])c2)cc(Br)c1OCc1cccc2ccccc12. The van der Waals surface area contributed by atoms with Gasteiger partial charge in [0.2, 0.25) is 0 Å². The number of halogens is 1. The van der Waals surface area contributed by atoms with E-state index in [0.29, 0.717) is 34.7 Å². The fraction of sp³-hybridized carbons (Fsp3) is 0.111. The Balaban J connectivity index is 1.50. The lowest BCUT2D eigenvalue weighted by molar-refractivity contribution is -0.384. The number of amides is 1. The molecular formula is C27H22BrN3O5. The van der Waals surface area contributed by atoms with Crippen LogP contribution in [0.2, 0.25) is 0 Å². The lowest BCUT2D eigenvalue weighted by atomic mass is 10.1. The maximum absolute atomic E-state index is 12.3. The van der Waals surface area contributed by atoms with E-state index in [1.807, 2.05) is 31.2 Å². The second kappa shape index (κ2) is 11.5. The molecule has 0 unspecified atom stereocenters. The third kappa shape index (κ3) is 5.87. The van der Waals surface area contributed by atoms with Crippen molar-refractivity contribution in [3.63, 3.8) is 0 Å². The van der Waals surface area contributed by atoms with E-state index in [9.17, 15) is 14.9 Å². The zero-order chi connectivity index (χ0) is 25.5. The van der Waals surface area contributed by atoms with Gasteiger partial charge >= 0.3 is 0 Å². The number of fused-ring (bicyclic) bond motifs is 1. The number of benzene rings is 4. The van der Waals surface area contributed by atoms with Gasteiger partial charge in [-0.25, -0.2) is 5.43 Å². The number of rotatable bonds is 9. The van der Waals surface area contributed by atoms with Crippen LogP contribution in [0.15, 0.2) is 88.4 Å². The van der Waals surface area contributed by atoms with Gasteiger partial charge in [-0.15, -0.1) is 0 Å². The topological polar surface area (TPSA) is 103 Å². The highest BCUT2D eigenvalue weighted by molar-refractivity contribution is 9.10. The van der Waals surface area contributed by atoms with E-state index in [0.717, 1.165) is 16.3 Å². The highest BCUT2D eigenvalue weighted by Crippen LogP contribution is 2.37. The summed E-state index contributed by atoms with van der Waals surface area (Å²) in [7, 11) is 0. The molecule has 0 atom stereocenters. The summed E-state index contributed by atoms with van der Waals surface area (Å²) in [6, 6.07) is 23.2. The molecule has 0 aliphatic heterocycles. The summed E-state index contributed by atoms with van der Waals surface area (Å²) in [5.41, 5.74) is 4.05. The second-order valence-corrected chi connectivity index (χ2v) is 8.55. The van der Waals surface area contributed by atoms with Crippen LogP contribution in [0.4, 0.5) is 5.69 Å². The summed E-state index contributed by atoms with van der Waals surface area (Å²) < 4.78 is 12.6. The number of carbonyl (C=O) groups excluding carboxylic acids is 1. The number of nitro benzene ring substituents is 1.